The third-order valence-electron chi connectivity index (χ3n) is 2.60. The highest BCUT2D eigenvalue weighted by atomic mass is 16.1. The molecule has 0 aliphatic heterocycles. The lowest BCUT2D eigenvalue weighted by Gasteiger charge is -2.07. The standard InChI is InChI=1S/C14H14NO/c1-2-14(16)15-10-12-8-5-7-11-6-3-4-9-13(11)12/h2-9H,10H2,1H3,(H,15,16). The maximum absolute atomic E-state index is 11.2. The van der Waals surface area contributed by atoms with Crippen LogP contribution in [0.4, 0.5) is 0 Å². The average molecular weight is 212 g/mol. The van der Waals surface area contributed by atoms with Gasteiger partial charge < -0.3 is 5.32 Å². The van der Waals surface area contributed by atoms with E-state index in [2.05, 4.69) is 23.5 Å². The van der Waals surface area contributed by atoms with Crippen molar-refractivity contribution in [2.75, 3.05) is 0 Å². The number of carbonyl (C=O) groups is 1. The minimum atomic E-state index is -0.0343. The third kappa shape index (κ3) is 2.22. The van der Waals surface area contributed by atoms with Crippen LogP contribution in [0.25, 0.3) is 10.8 Å². The highest BCUT2D eigenvalue weighted by Crippen LogP contribution is 2.18. The van der Waals surface area contributed by atoms with Crippen molar-refractivity contribution in [3.63, 3.8) is 0 Å². The molecule has 0 spiro atoms. The Morgan fingerprint density at radius 2 is 1.94 bits per heavy atom. The van der Waals surface area contributed by atoms with Gasteiger partial charge in [-0.05, 0) is 16.3 Å². The summed E-state index contributed by atoms with van der Waals surface area (Å²) in [5, 5.41) is 5.25. The fraction of sp³-hybridized carbons (Fsp3) is 0.143. The van der Waals surface area contributed by atoms with Crippen LogP contribution < -0.4 is 5.32 Å². The third-order valence-corrected chi connectivity index (χ3v) is 2.60. The first-order valence-corrected chi connectivity index (χ1v) is 5.35. The summed E-state index contributed by atoms with van der Waals surface area (Å²) in [5.74, 6) is -0.0343. The van der Waals surface area contributed by atoms with Gasteiger partial charge in [-0.2, -0.15) is 0 Å². The van der Waals surface area contributed by atoms with E-state index in [1.165, 1.54) is 17.2 Å². The Morgan fingerprint density at radius 1 is 1.19 bits per heavy atom. The maximum Gasteiger partial charge on any atom is 0.223 e. The van der Waals surface area contributed by atoms with Crippen LogP contribution in [0.5, 0.6) is 0 Å². The molecule has 0 unspecified atom stereocenters. The number of rotatable bonds is 3. The summed E-state index contributed by atoms with van der Waals surface area (Å²) in [6, 6.07) is 14.3. The smallest absolute Gasteiger partial charge is 0.223 e. The van der Waals surface area contributed by atoms with Gasteiger partial charge in [-0.25, -0.2) is 0 Å². The molecule has 16 heavy (non-hydrogen) atoms. The van der Waals surface area contributed by atoms with Crippen LogP contribution in [0.15, 0.2) is 42.5 Å². The number of carbonyl (C=O) groups excluding carboxylic acids is 1. The molecule has 2 nitrogen and oxygen atoms in total. The molecule has 0 atom stereocenters. The van der Waals surface area contributed by atoms with E-state index in [9.17, 15) is 4.79 Å². The van der Waals surface area contributed by atoms with Gasteiger partial charge in [0.05, 0.1) is 0 Å². The Kier molecular flexibility index (Phi) is 3.20. The Balaban J connectivity index is 2.27. The van der Waals surface area contributed by atoms with E-state index in [-0.39, 0.29) is 5.91 Å². The molecule has 2 rings (SSSR count). The molecule has 0 aliphatic rings. The summed E-state index contributed by atoms with van der Waals surface area (Å²) in [7, 11) is 0. The van der Waals surface area contributed by atoms with E-state index in [1.54, 1.807) is 6.92 Å². The molecule has 0 fully saturated rings. The largest absolute Gasteiger partial charge is 0.352 e. The number of hydrogen-bond donors (Lipinski definition) is 1. The van der Waals surface area contributed by atoms with E-state index in [0.717, 1.165) is 5.56 Å². The topological polar surface area (TPSA) is 29.1 Å². The van der Waals surface area contributed by atoms with Crippen molar-refractivity contribution >= 4 is 16.7 Å². The molecular weight excluding hydrogens is 198 g/mol. The van der Waals surface area contributed by atoms with Gasteiger partial charge in [-0.15, -0.1) is 0 Å². The molecule has 1 amide bonds. The van der Waals surface area contributed by atoms with Crippen LogP contribution in [0.2, 0.25) is 0 Å². The Labute approximate surface area is 95.3 Å². The van der Waals surface area contributed by atoms with Crippen molar-refractivity contribution in [1.29, 1.82) is 0 Å². The molecule has 1 radical (unpaired) electrons. The quantitative estimate of drug-likeness (QED) is 0.832. The molecular formula is C14H14NO. The van der Waals surface area contributed by atoms with Crippen molar-refractivity contribution in [3.8, 4) is 0 Å². The van der Waals surface area contributed by atoms with Gasteiger partial charge in [0.1, 0.15) is 0 Å². The van der Waals surface area contributed by atoms with Gasteiger partial charge >= 0.3 is 0 Å². The lowest BCUT2D eigenvalue weighted by Crippen LogP contribution is -2.21. The Bertz CT molecular complexity index is 500. The monoisotopic (exact) mass is 212 g/mol. The number of nitrogens with one attached hydrogen (secondary N) is 1. The zero-order valence-electron chi connectivity index (χ0n) is 9.23. The molecule has 0 saturated carbocycles. The highest BCUT2D eigenvalue weighted by molar-refractivity contribution is 5.87. The minimum Gasteiger partial charge on any atom is -0.352 e. The maximum atomic E-state index is 11.2. The number of fused-ring (bicyclic) bond motifs is 1. The first kappa shape index (κ1) is 10.7. The van der Waals surface area contributed by atoms with E-state index in [4.69, 9.17) is 0 Å². The lowest BCUT2D eigenvalue weighted by atomic mass is 10.0. The molecule has 0 aliphatic carbocycles. The van der Waals surface area contributed by atoms with E-state index < -0.39 is 0 Å². The highest BCUT2D eigenvalue weighted by Gasteiger charge is 2.01. The van der Waals surface area contributed by atoms with Gasteiger partial charge in [0.25, 0.3) is 0 Å². The molecule has 81 valence electrons. The van der Waals surface area contributed by atoms with Crippen molar-refractivity contribution in [2.24, 2.45) is 0 Å². The second-order valence-corrected chi connectivity index (χ2v) is 3.64. The molecule has 2 aromatic carbocycles. The SMILES string of the molecule is C[CH]C(=O)NCc1cccc2ccccc12. The molecule has 2 aromatic rings. The van der Waals surface area contributed by atoms with Gasteiger partial charge in [-0.1, -0.05) is 49.4 Å². The van der Waals surface area contributed by atoms with E-state index in [0.29, 0.717) is 6.54 Å². The molecule has 0 saturated heterocycles. The molecule has 0 aromatic heterocycles. The van der Waals surface area contributed by atoms with Crippen molar-refractivity contribution in [3.05, 3.63) is 54.4 Å². The predicted molar refractivity (Wildman–Crippen MR) is 65.8 cm³/mol. The Morgan fingerprint density at radius 3 is 2.75 bits per heavy atom. The van der Waals surface area contributed by atoms with Crippen molar-refractivity contribution < 1.29 is 4.79 Å². The van der Waals surface area contributed by atoms with Crippen LogP contribution in [-0.4, -0.2) is 5.91 Å². The summed E-state index contributed by atoms with van der Waals surface area (Å²) < 4.78 is 0. The fourth-order valence-electron chi connectivity index (χ4n) is 1.73. The second kappa shape index (κ2) is 4.79. The van der Waals surface area contributed by atoms with Crippen molar-refractivity contribution in [1.82, 2.24) is 5.32 Å². The first-order chi connectivity index (χ1) is 7.81. The summed E-state index contributed by atoms with van der Waals surface area (Å²) in [6.45, 7) is 2.31. The lowest BCUT2D eigenvalue weighted by molar-refractivity contribution is -0.117. The summed E-state index contributed by atoms with van der Waals surface area (Å²) >= 11 is 0. The number of benzene rings is 2. The van der Waals surface area contributed by atoms with Crippen LogP contribution in [0, 0.1) is 6.42 Å². The summed E-state index contributed by atoms with van der Waals surface area (Å²) in [6.07, 6.45) is 1.53. The normalized spacial score (nSPS) is 10.3. The van der Waals surface area contributed by atoms with Crippen molar-refractivity contribution in [2.45, 2.75) is 13.5 Å². The van der Waals surface area contributed by atoms with Crippen LogP contribution >= 0.6 is 0 Å². The van der Waals surface area contributed by atoms with Gasteiger partial charge in [-0.3, -0.25) is 4.79 Å². The number of amides is 1. The minimum absolute atomic E-state index is 0.0343. The summed E-state index contributed by atoms with van der Waals surface area (Å²) in [4.78, 5) is 11.2. The van der Waals surface area contributed by atoms with Crippen LogP contribution in [-0.2, 0) is 11.3 Å². The molecule has 1 N–H and O–H groups in total. The molecule has 2 heteroatoms. The Hall–Kier alpha value is -1.83. The van der Waals surface area contributed by atoms with E-state index >= 15 is 0 Å². The first-order valence-electron chi connectivity index (χ1n) is 5.35. The zero-order valence-corrected chi connectivity index (χ0v) is 9.23. The second-order valence-electron chi connectivity index (χ2n) is 3.64. The number of hydrogen-bond acceptors (Lipinski definition) is 1. The zero-order chi connectivity index (χ0) is 11.4. The average Bonchev–Trinajstić information content (AvgIpc) is 2.35. The predicted octanol–water partition coefficient (Wildman–Crippen LogP) is 2.68. The van der Waals surface area contributed by atoms with E-state index in [1.807, 2.05) is 24.3 Å². The molecule has 0 heterocycles. The molecule has 0 bridgehead atoms. The fourth-order valence-corrected chi connectivity index (χ4v) is 1.73. The van der Waals surface area contributed by atoms with Gasteiger partial charge in [0, 0.05) is 13.0 Å². The summed E-state index contributed by atoms with van der Waals surface area (Å²) in [5.41, 5.74) is 1.15. The van der Waals surface area contributed by atoms with Gasteiger partial charge in [0.2, 0.25) is 5.91 Å². The van der Waals surface area contributed by atoms with Crippen LogP contribution in [0.1, 0.15) is 12.5 Å². The van der Waals surface area contributed by atoms with Crippen LogP contribution in [0.3, 0.4) is 0 Å². The van der Waals surface area contributed by atoms with Gasteiger partial charge in [0.15, 0.2) is 0 Å².